The van der Waals surface area contributed by atoms with E-state index in [9.17, 15) is 10.1 Å². The van der Waals surface area contributed by atoms with Crippen LogP contribution in [0.25, 0.3) is 0 Å². The third-order valence-electron chi connectivity index (χ3n) is 3.52. The SMILES string of the molecule is O=[N+]([O-])c1ccc(/C=N/NC(=S)NCCCN2CCOCC2)cc1. The van der Waals surface area contributed by atoms with E-state index in [2.05, 4.69) is 20.7 Å². The summed E-state index contributed by atoms with van der Waals surface area (Å²) in [4.78, 5) is 12.5. The van der Waals surface area contributed by atoms with Gasteiger partial charge in [-0.15, -0.1) is 0 Å². The molecule has 0 unspecified atom stereocenters. The summed E-state index contributed by atoms with van der Waals surface area (Å²) in [5.41, 5.74) is 3.54. The molecule has 1 heterocycles. The van der Waals surface area contributed by atoms with Crippen molar-refractivity contribution in [3.05, 3.63) is 39.9 Å². The van der Waals surface area contributed by atoms with Crippen LogP contribution in [0.3, 0.4) is 0 Å². The van der Waals surface area contributed by atoms with Gasteiger partial charge >= 0.3 is 0 Å². The molecule has 9 heteroatoms. The van der Waals surface area contributed by atoms with E-state index in [-0.39, 0.29) is 5.69 Å². The predicted molar refractivity (Wildman–Crippen MR) is 96.3 cm³/mol. The first-order valence-electron chi connectivity index (χ1n) is 7.76. The highest BCUT2D eigenvalue weighted by atomic mass is 32.1. The molecule has 2 N–H and O–H groups in total. The van der Waals surface area contributed by atoms with Crippen LogP contribution in [0.5, 0.6) is 0 Å². The number of non-ortho nitro benzene ring substituents is 1. The van der Waals surface area contributed by atoms with Crippen molar-refractivity contribution in [2.75, 3.05) is 39.4 Å². The Morgan fingerprint density at radius 2 is 2.08 bits per heavy atom. The second-order valence-electron chi connectivity index (χ2n) is 5.28. The van der Waals surface area contributed by atoms with E-state index in [4.69, 9.17) is 17.0 Å². The van der Waals surface area contributed by atoms with E-state index in [0.717, 1.165) is 51.4 Å². The fraction of sp³-hybridized carbons (Fsp3) is 0.467. The monoisotopic (exact) mass is 351 g/mol. The molecule has 0 bridgehead atoms. The maximum Gasteiger partial charge on any atom is 0.269 e. The van der Waals surface area contributed by atoms with Gasteiger partial charge < -0.3 is 10.1 Å². The smallest absolute Gasteiger partial charge is 0.269 e. The summed E-state index contributed by atoms with van der Waals surface area (Å²) in [7, 11) is 0. The summed E-state index contributed by atoms with van der Waals surface area (Å²) >= 11 is 5.14. The van der Waals surface area contributed by atoms with E-state index in [1.165, 1.54) is 12.1 Å². The van der Waals surface area contributed by atoms with Gasteiger partial charge in [0.1, 0.15) is 0 Å². The molecule has 0 spiro atoms. The molecule has 0 atom stereocenters. The molecule has 8 nitrogen and oxygen atoms in total. The number of nitrogens with zero attached hydrogens (tertiary/aromatic N) is 3. The number of hydrazone groups is 1. The molecule has 1 aromatic rings. The van der Waals surface area contributed by atoms with Crippen molar-refractivity contribution in [1.82, 2.24) is 15.6 Å². The number of nitrogens with one attached hydrogen (secondary N) is 2. The molecule has 1 saturated heterocycles. The van der Waals surface area contributed by atoms with Crippen molar-refractivity contribution >= 4 is 29.2 Å². The lowest BCUT2D eigenvalue weighted by atomic mass is 10.2. The molecular weight excluding hydrogens is 330 g/mol. The Hall–Kier alpha value is -2.10. The van der Waals surface area contributed by atoms with Crippen LogP contribution in [0.15, 0.2) is 29.4 Å². The van der Waals surface area contributed by atoms with Crippen LogP contribution in [0.4, 0.5) is 5.69 Å². The number of hydrogen-bond acceptors (Lipinski definition) is 6. The van der Waals surface area contributed by atoms with Gasteiger partial charge in [0.15, 0.2) is 5.11 Å². The van der Waals surface area contributed by atoms with Gasteiger partial charge in [-0.1, -0.05) is 0 Å². The normalized spacial score (nSPS) is 15.3. The van der Waals surface area contributed by atoms with Crippen molar-refractivity contribution < 1.29 is 9.66 Å². The summed E-state index contributed by atoms with van der Waals surface area (Å²) in [5.74, 6) is 0. The van der Waals surface area contributed by atoms with Gasteiger partial charge in [-0.05, 0) is 42.9 Å². The van der Waals surface area contributed by atoms with Gasteiger partial charge in [0, 0.05) is 31.8 Å². The number of thiocarbonyl (C=S) groups is 1. The van der Waals surface area contributed by atoms with Crippen LogP contribution in [0, 0.1) is 10.1 Å². The highest BCUT2D eigenvalue weighted by Gasteiger charge is 2.09. The number of ether oxygens (including phenoxy) is 1. The maximum atomic E-state index is 10.6. The zero-order chi connectivity index (χ0) is 17.2. The molecule has 0 saturated carbocycles. The molecule has 1 aliphatic rings. The fourth-order valence-corrected chi connectivity index (χ4v) is 2.37. The fourth-order valence-electron chi connectivity index (χ4n) is 2.22. The van der Waals surface area contributed by atoms with Gasteiger partial charge in [-0.25, -0.2) is 0 Å². The van der Waals surface area contributed by atoms with Crippen LogP contribution >= 0.6 is 12.2 Å². The molecule has 2 rings (SSSR count). The summed E-state index contributed by atoms with van der Waals surface area (Å²) < 4.78 is 5.31. The standard InChI is InChI=1S/C15H21N5O3S/c21-20(22)14-4-2-13(3-5-14)12-17-18-15(24)16-6-1-7-19-8-10-23-11-9-19/h2-5,12H,1,6-11H2,(H2,16,18,24)/b17-12+. The van der Waals surface area contributed by atoms with E-state index in [1.54, 1.807) is 18.3 Å². The molecule has 1 aliphatic heterocycles. The third kappa shape index (κ3) is 6.57. The van der Waals surface area contributed by atoms with Crippen molar-refractivity contribution in [2.45, 2.75) is 6.42 Å². The largest absolute Gasteiger partial charge is 0.379 e. The summed E-state index contributed by atoms with van der Waals surface area (Å²) in [6.45, 7) is 5.39. The lowest BCUT2D eigenvalue weighted by Gasteiger charge is -2.26. The Bertz CT molecular complexity index is 573. The van der Waals surface area contributed by atoms with Crippen molar-refractivity contribution in [3.63, 3.8) is 0 Å². The zero-order valence-corrected chi connectivity index (χ0v) is 14.1. The number of rotatable bonds is 7. The topological polar surface area (TPSA) is 92.0 Å². The molecule has 130 valence electrons. The second kappa shape index (κ2) is 9.91. The lowest BCUT2D eigenvalue weighted by molar-refractivity contribution is -0.384. The quantitative estimate of drug-likeness (QED) is 0.250. The minimum absolute atomic E-state index is 0.0533. The molecular formula is C15H21N5O3S. The first-order chi connectivity index (χ1) is 11.6. The first kappa shape index (κ1) is 18.2. The van der Waals surface area contributed by atoms with E-state index in [1.807, 2.05) is 0 Å². The molecule has 1 fully saturated rings. The number of nitro benzene ring substituents is 1. The van der Waals surface area contributed by atoms with Crippen LogP contribution in [0.1, 0.15) is 12.0 Å². The summed E-state index contributed by atoms with van der Waals surface area (Å²) in [6, 6.07) is 6.12. The summed E-state index contributed by atoms with van der Waals surface area (Å²) in [5, 5.41) is 18.1. The minimum Gasteiger partial charge on any atom is -0.379 e. The number of hydrogen-bond donors (Lipinski definition) is 2. The van der Waals surface area contributed by atoms with Crippen molar-refractivity contribution in [3.8, 4) is 0 Å². The lowest BCUT2D eigenvalue weighted by Crippen LogP contribution is -2.39. The van der Waals surface area contributed by atoms with Crippen molar-refractivity contribution in [1.29, 1.82) is 0 Å². The Morgan fingerprint density at radius 3 is 2.75 bits per heavy atom. The van der Waals surface area contributed by atoms with Gasteiger partial charge in [0.2, 0.25) is 0 Å². The maximum absolute atomic E-state index is 10.6. The number of nitro groups is 1. The van der Waals surface area contributed by atoms with Crippen LogP contribution in [-0.2, 0) is 4.74 Å². The van der Waals surface area contributed by atoms with E-state index >= 15 is 0 Å². The predicted octanol–water partition coefficient (Wildman–Crippen LogP) is 1.12. The molecule has 0 aliphatic carbocycles. The molecule has 0 radical (unpaired) electrons. The Labute approximate surface area is 146 Å². The zero-order valence-electron chi connectivity index (χ0n) is 13.3. The average molecular weight is 351 g/mol. The Kier molecular flexibility index (Phi) is 7.53. The first-order valence-corrected chi connectivity index (χ1v) is 8.17. The van der Waals surface area contributed by atoms with Crippen LogP contribution in [0.2, 0.25) is 0 Å². The van der Waals surface area contributed by atoms with E-state index < -0.39 is 4.92 Å². The summed E-state index contributed by atoms with van der Waals surface area (Å²) in [6.07, 6.45) is 2.55. The molecule has 0 aromatic heterocycles. The van der Waals surface area contributed by atoms with E-state index in [0.29, 0.717) is 5.11 Å². The third-order valence-corrected chi connectivity index (χ3v) is 3.76. The van der Waals surface area contributed by atoms with Gasteiger partial charge in [-0.3, -0.25) is 20.4 Å². The molecule has 1 aromatic carbocycles. The van der Waals surface area contributed by atoms with Gasteiger partial charge in [0.05, 0.1) is 24.4 Å². The van der Waals surface area contributed by atoms with Gasteiger partial charge in [-0.2, -0.15) is 5.10 Å². The number of morpholine rings is 1. The second-order valence-corrected chi connectivity index (χ2v) is 5.69. The van der Waals surface area contributed by atoms with Crippen LogP contribution in [-0.4, -0.2) is 60.5 Å². The number of benzene rings is 1. The van der Waals surface area contributed by atoms with Gasteiger partial charge in [0.25, 0.3) is 5.69 Å². The van der Waals surface area contributed by atoms with Crippen LogP contribution < -0.4 is 10.7 Å². The molecule has 24 heavy (non-hydrogen) atoms. The molecule has 0 amide bonds. The Balaban J connectivity index is 1.60. The highest BCUT2D eigenvalue weighted by molar-refractivity contribution is 7.80. The Morgan fingerprint density at radius 1 is 1.38 bits per heavy atom. The highest BCUT2D eigenvalue weighted by Crippen LogP contribution is 2.10. The minimum atomic E-state index is -0.435. The van der Waals surface area contributed by atoms with Crippen molar-refractivity contribution in [2.24, 2.45) is 5.10 Å². The average Bonchev–Trinajstić information content (AvgIpc) is 2.60.